The SMILES string of the molecule is COC(=O)c1ccc(C(=O)OC)nc1.COC(=O)c1ccc(CO)nc1.COC(=O)c1ccc(COS(=O)(=O)c2ccc(C)cc2)nc1.O=C(O)c1ccc(CN2C(=O)C3(CC3)c3cc(OCc4c(-c5c(Cl)cccc5Cl)noc4C4CC4)ccc32)nc1.O=C1Nc2ccc(OCc3c(-c4c(Cl)cccc4Cl)noc3C3CC3)cc2C12CC2. The standard InChI is InChI=1S/C30H23Cl2N3O5.C23H18Cl2N2O3.C15H15NO5S.C9H9NO4.C8H9NO3/c31-22-2-1-3-23(32)25(22)26-20(27(40-34-26)16-4-5-16)15-39-19-8-9-24-21(12-19)30(10-11-30)29(38)35(24)14-18-7-6-17(13-33-18)28(36)37;24-16-2-1-3-17(25)19(16)20-14(21(30-27-20)12-4-5-12)11-29-13-6-7-18-15(10-13)23(8-9-23)22(28)26-18;1-11-3-7-14(8-4-11)22(18,19)21-10-13-6-5-12(9-16-13)15(17)20-2;1-13-8(11)6-3-4-7(10-5-6)9(12)14-2;1-12-8(11)6-2-3-7(5-10)9-4-6/h1-3,6-9,12-13,16H,4-5,10-11,14-15H2,(H,36,37);1-3,6-7,10,12H,4-5,8-9,11H2,(H,26,28);3-9H,10H2,1-2H3;3-5H,1-2H3;2-4,10H,5H2,1H3. The molecule has 2 aliphatic heterocycles. The minimum absolute atomic E-state index is 0.0365. The summed E-state index contributed by atoms with van der Waals surface area (Å²) in [4.78, 5) is 98.6. The molecule has 0 radical (unpaired) electrons. The van der Waals surface area contributed by atoms with Crippen molar-refractivity contribution in [3.8, 4) is 34.0 Å². The molecule has 6 aromatic heterocycles. The predicted octanol–water partition coefficient (Wildman–Crippen LogP) is 16.0. The molecule has 0 bridgehead atoms. The number of aryl methyl sites for hydroxylation is 1. The normalized spacial score (nSPS) is 14.5. The monoisotopic (exact) mass is 1700 g/mol. The van der Waals surface area contributed by atoms with Crippen molar-refractivity contribution in [1.29, 1.82) is 0 Å². The molecule has 5 aromatic carbocycles. The first-order chi connectivity index (χ1) is 56.8. The molecule has 28 nitrogen and oxygen atoms in total. The molecule has 33 heteroatoms. The molecule has 4 aliphatic carbocycles. The van der Waals surface area contributed by atoms with Crippen molar-refractivity contribution in [3.63, 3.8) is 0 Å². The number of pyridine rings is 4. The minimum Gasteiger partial charge on any atom is -0.489 e. The van der Waals surface area contributed by atoms with Crippen LogP contribution in [0.25, 0.3) is 22.5 Å². The summed E-state index contributed by atoms with van der Waals surface area (Å²) in [5.74, 6) is 0.806. The van der Waals surface area contributed by atoms with Gasteiger partial charge in [-0.15, -0.1) is 0 Å². The van der Waals surface area contributed by atoms with E-state index in [4.69, 9.17) is 79.3 Å². The second-order valence-corrected chi connectivity index (χ2v) is 31.2. The summed E-state index contributed by atoms with van der Waals surface area (Å²) in [5.41, 5.74) is 10.7. The first-order valence-electron chi connectivity index (χ1n) is 36.8. The number of aliphatic hydroxyl groups is 1. The summed E-state index contributed by atoms with van der Waals surface area (Å²) in [5, 5.41) is 31.4. The third kappa shape index (κ3) is 18.9. The van der Waals surface area contributed by atoms with Crippen LogP contribution in [0.3, 0.4) is 0 Å². The van der Waals surface area contributed by atoms with E-state index < -0.39 is 45.4 Å². The summed E-state index contributed by atoms with van der Waals surface area (Å²) in [6.45, 7) is 2.30. The van der Waals surface area contributed by atoms with E-state index in [1.165, 1.54) is 95.7 Å². The highest BCUT2D eigenvalue weighted by Gasteiger charge is 2.59. The number of rotatable bonds is 22. The van der Waals surface area contributed by atoms with Crippen LogP contribution < -0.4 is 19.7 Å². The van der Waals surface area contributed by atoms with Crippen molar-refractivity contribution in [3.05, 3.63) is 275 Å². The Morgan fingerprint density at radius 3 is 1.43 bits per heavy atom. The van der Waals surface area contributed by atoms with Crippen LogP contribution in [0.5, 0.6) is 11.5 Å². The number of fused-ring (bicyclic) bond motifs is 4. The first-order valence-corrected chi connectivity index (χ1v) is 39.7. The number of nitrogens with one attached hydrogen (secondary N) is 1. The number of carbonyl (C=O) groups excluding carboxylic acids is 6. The number of amides is 2. The lowest BCUT2D eigenvalue weighted by Gasteiger charge is -2.18. The fourth-order valence-corrected chi connectivity index (χ4v) is 15.1. The molecule has 0 atom stereocenters. The summed E-state index contributed by atoms with van der Waals surface area (Å²) in [6, 6.07) is 40.7. The lowest BCUT2D eigenvalue weighted by atomic mass is 9.98. The van der Waals surface area contributed by atoms with Crippen molar-refractivity contribution in [1.82, 2.24) is 30.2 Å². The number of aromatic carboxylic acids is 1. The minimum atomic E-state index is -3.84. The second-order valence-electron chi connectivity index (χ2n) is 28.0. The Kier molecular flexibility index (Phi) is 25.8. The molecule has 608 valence electrons. The molecule has 6 aliphatic rings. The number of aliphatic hydroxyl groups excluding tert-OH is 1. The van der Waals surface area contributed by atoms with E-state index in [2.05, 4.69) is 54.5 Å². The number of esters is 4. The number of methoxy groups -OCH3 is 4. The van der Waals surface area contributed by atoms with Gasteiger partial charge >= 0.3 is 29.8 Å². The average Bonchev–Trinajstić information content (AvgIpc) is 1.50. The van der Waals surface area contributed by atoms with Crippen molar-refractivity contribution in [2.24, 2.45) is 0 Å². The van der Waals surface area contributed by atoms with Gasteiger partial charge in [0.15, 0.2) is 0 Å². The Hall–Kier alpha value is -12.0. The summed E-state index contributed by atoms with van der Waals surface area (Å²) < 4.78 is 70.8. The number of anilines is 2. The van der Waals surface area contributed by atoms with Crippen LogP contribution in [0.4, 0.5) is 11.4 Å². The molecule has 3 N–H and O–H groups in total. The maximum Gasteiger partial charge on any atom is 0.356 e. The molecule has 0 unspecified atom stereocenters. The highest BCUT2D eigenvalue weighted by atomic mass is 35.5. The Balaban J connectivity index is 0.000000137. The molecule has 118 heavy (non-hydrogen) atoms. The molecule has 8 heterocycles. The molecule has 11 aromatic rings. The lowest BCUT2D eigenvalue weighted by molar-refractivity contribution is -0.120. The first kappa shape index (κ1) is 84.0. The van der Waals surface area contributed by atoms with E-state index in [1.807, 2.05) is 43.3 Å². The maximum atomic E-state index is 13.5. The number of carboxylic acid groups (broad SMARTS) is 1. The zero-order valence-corrected chi connectivity index (χ0v) is 67.6. The van der Waals surface area contributed by atoms with Gasteiger partial charge in [0.05, 0.1) is 128 Å². The number of nitrogens with zero attached hydrogens (tertiary/aromatic N) is 7. The van der Waals surface area contributed by atoms with Gasteiger partial charge in [-0.3, -0.25) is 28.7 Å². The molecule has 4 fully saturated rings. The van der Waals surface area contributed by atoms with Crippen molar-refractivity contribution < 1.29 is 93.8 Å². The van der Waals surface area contributed by atoms with E-state index in [-0.39, 0.29) is 65.3 Å². The summed E-state index contributed by atoms with van der Waals surface area (Å²) >= 11 is 25.8. The van der Waals surface area contributed by atoms with Crippen molar-refractivity contribution in [2.45, 2.75) is 119 Å². The van der Waals surface area contributed by atoms with E-state index in [1.54, 1.807) is 71.6 Å². The number of carbonyl (C=O) groups is 7. The molecule has 17 rings (SSSR count). The van der Waals surface area contributed by atoms with Crippen LogP contribution >= 0.6 is 46.4 Å². The Labute approximate surface area is 695 Å². The molecule has 2 amide bonds. The van der Waals surface area contributed by atoms with Crippen LogP contribution in [0.1, 0.15) is 172 Å². The Morgan fingerprint density at radius 1 is 0.534 bits per heavy atom. The van der Waals surface area contributed by atoms with Crippen LogP contribution in [0, 0.1) is 6.92 Å². The zero-order valence-electron chi connectivity index (χ0n) is 63.8. The van der Waals surface area contributed by atoms with Crippen molar-refractivity contribution in [2.75, 3.05) is 38.7 Å². The van der Waals surface area contributed by atoms with Crippen LogP contribution in [-0.4, -0.2) is 119 Å². The molecule has 0 saturated heterocycles. The fraction of sp³-hybridized carbons (Fsp3) is 0.259. The summed E-state index contributed by atoms with van der Waals surface area (Å²) in [7, 11) is 1.28. The predicted molar refractivity (Wildman–Crippen MR) is 429 cm³/mol. The number of hydrogen-bond donors (Lipinski definition) is 3. The van der Waals surface area contributed by atoms with Gasteiger partial charge in [0, 0.05) is 59.1 Å². The molecule has 4 saturated carbocycles. The van der Waals surface area contributed by atoms with Gasteiger partial charge in [-0.25, -0.2) is 29.0 Å². The van der Waals surface area contributed by atoms with Gasteiger partial charge in [0.1, 0.15) is 59.9 Å². The fourth-order valence-electron chi connectivity index (χ4n) is 13.1. The zero-order chi connectivity index (χ0) is 83.7. The van der Waals surface area contributed by atoms with Gasteiger partial charge in [0.2, 0.25) is 11.8 Å². The van der Waals surface area contributed by atoms with Crippen LogP contribution in [0.15, 0.2) is 184 Å². The lowest BCUT2D eigenvalue weighted by Crippen LogP contribution is -2.31. The number of carboxylic acids is 1. The number of aromatic nitrogens is 6. The average molecular weight is 1700 g/mol. The third-order valence-corrected chi connectivity index (χ3v) is 22.7. The third-order valence-electron chi connectivity index (χ3n) is 20.1. The van der Waals surface area contributed by atoms with Gasteiger partial charge in [-0.2, -0.15) is 8.42 Å². The highest BCUT2D eigenvalue weighted by molar-refractivity contribution is 7.86. The van der Waals surface area contributed by atoms with E-state index in [0.717, 1.165) is 108 Å². The van der Waals surface area contributed by atoms with E-state index >= 15 is 0 Å². The molecular formula is C85H74Cl4N8O20S. The Bertz CT molecular complexity index is 5670. The van der Waals surface area contributed by atoms with Gasteiger partial charge in [-0.05, 0) is 191 Å². The quantitative estimate of drug-likeness (QED) is 0.0322. The summed E-state index contributed by atoms with van der Waals surface area (Å²) in [6.07, 6.45) is 12.8. The molecular weight excluding hydrogens is 1630 g/mol. The Morgan fingerprint density at radius 2 is 0.992 bits per heavy atom. The number of hydrogen-bond acceptors (Lipinski definition) is 25. The topological polar surface area (TPSA) is 378 Å². The smallest absolute Gasteiger partial charge is 0.356 e. The van der Waals surface area contributed by atoms with Crippen molar-refractivity contribution >= 4 is 110 Å². The highest BCUT2D eigenvalue weighted by Crippen LogP contribution is 2.59. The number of ether oxygens (including phenoxy) is 6. The van der Waals surface area contributed by atoms with Crippen LogP contribution in [-0.2, 0) is 86.6 Å². The second kappa shape index (κ2) is 36.3. The maximum absolute atomic E-state index is 13.5. The van der Waals surface area contributed by atoms with Crippen LogP contribution in [0.2, 0.25) is 20.1 Å². The van der Waals surface area contributed by atoms with Gasteiger partial charge < -0.3 is 57.9 Å². The van der Waals surface area contributed by atoms with Gasteiger partial charge in [-0.1, -0.05) is 86.5 Å². The largest absolute Gasteiger partial charge is 0.489 e. The molecule has 2 spiro atoms. The van der Waals surface area contributed by atoms with Gasteiger partial charge in [0.25, 0.3) is 10.1 Å². The van der Waals surface area contributed by atoms with E-state index in [9.17, 15) is 42.0 Å². The number of halogens is 4. The number of benzene rings is 5. The van der Waals surface area contributed by atoms with E-state index in [0.29, 0.717) is 95.0 Å².